The Labute approximate surface area is 219 Å². The van der Waals surface area contributed by atoms with Crippen molar-refractivity contribution in [3.8, 4) is 0 Å². The highest BCUT2D eigenvalue weighted by Gasteiger charge is 2.63. The molecule has 210 valence electrons. The van der Waals surface area contributed by atoms with E-state index in [-0.39, 0.29) is 56.0 Å². The van der Waals surface area contributed by atoms with Crippen molar-refractivity contribution in [1.82, 2.24) is 0 Å². The third kappa shape index (κ3) is 8.72. The molecular formula is C27H42O10. The van der Waals surface area contributed by atoms with Crippen LogP contribution >= 0.6 is 0 Å². The van der Waals surface area contributed by atoms with Crippen LogP contribution in [0.1, 0.15) is 74.1 Å². The van der Waals surface area contributed by atoms with E-state index < -0.39 is 54.3 Å². The van der Waals surface area contributed by atoms with Crippen LogP contribution < -0.4 is 0 Å². The molecular weight excluding hydrogens is 484 g/mol. The van der Waals surface area contributed by atoms with Crippen molar-refractivity contribution in [2.45, 2.75) is 92.1 Å². The average molecular weight is 527 g/mol. The highest BCUT2D eigenvalue weighted by molar-refractivity contribution is 5.71. The van der Waals surface area contributed by atoms with Crippen LogP contribution in [0.4, 0.5) is 0 Å². The number of hydrogen-bond acceptors (Lipinski definition) is 10. The first-order chi connectivity index (χ1) is 17.2. The van der Waals surface area contributed by atoms with Gasteiger partial charge in [0.05, 0.1) is 12.2 Å². The average Bonchev–Trinajstić information content (AvgIpc) is 3.02. The van der Waals surface area contributed by atoms with Gasteiger partial charge in [0.15, 0.2) is 0 Å². The Hall–Kier alpha value is -2.62. The Morgan fingerprint density at radius 3 is 2.00 bits per heavy atom. The van der Waals surface area contributed by atoms with Crippen molar-refractivity contribution in [1.29, 1.82) is 0 Å². The summed E-state index contributed by atoms with van der Waals surface area (Å²) in [6.07, 6.45) is -0.270. The van der Waals surface area contributed by atoms with Crippen LogP contribution in [0.5, 0.6) is 0 Å². The number of carbonyl (C=O) groups excluding carboxylic acids is 4. The lowest BCUT2D eigenvalue weighted by Crippen LogP contribution is -2.55. The molecule has 0 unspecified atom stereocenters. The molecule has 0 aromatic heterocycles. The molecule has 0 amide bonds. The quantitative estimate of drug-likeness (QED) is 0.298. The molecule has 10 heteroatoms. The summed E-state index contributed by atoms with van der Waals surface area (Å²) >= 11 is 0. The molecule has 37 heavy (non-hydrogen) atoms. The van der Waals surface area contributed by atoms with E-state index in [0.29, 0.717) is 5.57 Å². The maximum absolute atomic E-state index is 12.5. The summed E-state index contributed by atoms with van der Waals surface area (Å²) in [4.78, 5) is 48.9. The standard InChI is InChI=1S/C27H42O10/c1-15(2)8-22(29)33-12-19-13-34-26(37-24(31)10-17(5)6)25-20(19)11-21(36-18(7)28)27(25,32)14-35-23(30)9-16(3)4/h13,15-17,20-21,25-26,32H,8-12,14H2,1-7H3/t20-,21-,25-,26+,27+/m1/s1. The molecule has 2 aliphatic rings. The lowest BCUT2D eigenvalue weighted by Gasteiger charge is -2.40. The molecule has 0 radical (unpaired) electrons. The normalized spacial score (nSPS) is 26.8. The fourth-order valence-electron chi connectivity index (χ4n) is 4.72. The molecule has 1 saturated carbocycles. The first-order valence-electron chi connectivity index (χ1n) is 13.0. The Morgan fingerprint density at radius 1 is 0.919 bits per heavy atom. The highest BCUT2D eigenvalue weighted by atomic mass is 16.7. The zero-order chi connectivity index (χ0) is 27.9. The Kier molecular flexibility index (Phi) is 11.0. The van der Waals surface area contributed by atoms with Crippen LogP contribution in [-0.2, 0) is 42.9 Å². The van der Waals surface area contributed by atoms with Crippen molar-refractivity contribution < 1.29 is 48.0 Å². The largest absolute Gasteiger partial charge is 0.462 e. The number of ether oxygens (including phenoxy) is 5. The minimum atomic E-state index is -1.91. The zero-order valence-electron chi connectivity index (χ0n) is 23.0. The molecule has 1 N–H and O–H groups in total. The van der Waals surface area contributed by atoms with E-state index in [0.717, 1.165) is 0 Å². The molecule has 0 saturated heterocycles. The van der Waals surface area contributed by atoms with Crippen LogP contribution in [-0.4, -0.2) is 60.2 Å². The SMILES string of the molecule is CC(=O)O[C@@H]1C[C@@H]2C(COC(=O)CC(C)C)=CO[C@@H](OC(=O)CC(C)C)[C@@H]2[C@]1(O)COC(=O)CC(C)C. The number of esters is 4. The second-order valence-electron chi connectivity index (χ2n) is 11.3. The lowest BCUT2D eigenvalue weighted by atomic mass is 9.80. The van der Waals surface area contributed by atoms with E-state index >= 15 is 0 Å². The summed E-state index contributed by atoms with van der Waals surface area (Å²) in [6.45, 7) is 11.9. The van der Waals surface area contributed by atoms with Gasteiger partial charge in [-0.2, -0.15) is 0 Å². The van der Waals surface area contributed by atoms with Gasteiger partial charge in [-0.15, -0.1) is 0 Å². The Morgan fingerprint density at radius 2 is 1.46 bits per heavy atom. The second kappa shape index (κ2) is 13.3. The van der Waals surface area contributed by atoms with Gasteiger partial charge in [0.2, 0.25) is 6.29 Å². The fraction of sp³-hybridized carbons (Fsp3) is 0.778. The molecule has 0 aromatic carbocycles. The van der Waals surface area contributed by atoms with E-state index in [2.05, 4.69) is 0 Å². The van der Waals surface area contributed by atoms with Crippen molar-refractivity contribution in [3.63, 3.8) is 0 Å². The minimum absolute atomic E-state index is 0.0339. The van der Waals surface area contributed by atoms with E-state index in [4.69, 9.17) is 23.7 Å². The van der Waals surface area contributed by atoms with Gasteiger partial charge >= 0.3 is 23.9 Å². The number of fused-ring (bicyclic) bond motifs is 1. The maximum atomic E-state index is 12.5. The summed E-state index contributed by atoms with van der Waals surface area (Å²) in [5.74, 6) is -3.33. The predicted octanol–water partition coefficient (Wildman–Crippen LogP) is 3.29. The van der Waals surface area contributed by atoms with Crippen molar-refractivity contribution >= 4 is 23.9 Å². The van der Waals surface area contributed by atoms with Crippen LogP contribution in [0, 0.1) is 29.6 Å². The Balaban J connectivity index is 2.37. The number of rotatable bonds is 12. The van der Waals surface area contributed by atoms with Crippen LogP contribution in [0.2, 0.25) is 0 Å². The molecule has 10 nitrogen and oxygen atoms in total. The van der Waals surface area contributed by atoms with Gasteiger partial charge in [0.25, 0.3) is 0 Å². The van der Waals surface area contributed by atoms with Crippen molar-refractivity contribution in [2.75, 3.05) is 13.2 Å². The van der Waals surface area contributed by atoms with Gasteiger partial charge in [-0.1, -0.05) is 41.5 Å². The van der Waals surface area contributed by atoms with E-state index in [1.54, 1.807) is 0 Å². The van der Waals surface area contributed by atoms with Gasteiger partial charge in [-0.25, -0.2) is 0 Å². The molecule has 1 fully saturated rings. The lowest BCUT2D eigenvalue weighted by molar-refractivity contribution is -0.225. The third-order valence-corrected chi connectivity index (χ3v) is 6.30. The highest BCUT2D eigenvalue weighted by Crippen LogP contribution is 2.50. The van der Waals surface area contributed by atoms with Crippen molar-refractivity contribution in [2.24, 2.45) is 29.6 Å². The zero-order valence-corrected chi connectivity index (χ0v) is 23.0. The first-order valence-corrected chi connectivity index (χ1v) is 13.0. The van der Waals surface area contributed by atoms with Gasteiger partial charge in [0, 0.05) is 37.7 Å². The van der Waals surface area contributed by atoms with Gasteiger partial charge in [-0.3, -0.25) is 19.2 Å². The number of hydrogen-bond donors (Lipinski definition) is 1. The molecule has 0 aromatic rings. The predicted molar refractivity (Wildman–Crippen MR) is 131 cm³/mol. The summed E-state index contributed by atoms with van der Waals surface area (Å²) in [7, 11) is 0. The summed E-state index contributed by atoms with van der Waals surface area (Å²) in [5.41, 5.74) is -1.37. The smallest absolute Gasteiger partial charge is 0.309 e. The van der Waals surface area contributed by atoms with E-state index in [1.165, 1.54) is 13.2 Å². The molecule has 1 heterocycles. The number of carbonyl (C=O) groups is 4. The summed E-state index contributed by atoms with van der Waals surface area (Å²) in [6, 6.07) is 0. The summed E-state index contributed by atoms with van der Waals surface area (Å²) < 4.78 is 27.7. The minimum Gasteiger partial charge on any atom is -0.462 e. The first kappa shape index (κ1) is 30.6. The fourth-order valence-corrected chi connectivity index (χ4v) is 4.72. The number of aliphatic hydroxyl groups is 1. The topological polar surface area (TPSA) is 135 Å². The monoisotopic (exact) mass is 526 g/mol. The van der Waals surface area contributed by atoms with Crippen molar-refractivity contribution in [3.05, 3.63) is 11.8 Å². The van der Waals surface area contributed by atoms with Gasteiger partial charge in [-0.05, 0) is 24.2 Å². The molecule has 0 bridgehead atoms. The molecule has 1 aliphatic carbocycles. The Bertz CT molecular complexity index is 861. The summed E-state index contributed by atoms with van der Waals surface area (Å²) in [5, 5.41) is 11.9. The molecule has 0 spiro atoms. The van der Waals surface area contributed by atoms with Gasteiger partial charge < -0.3 is 28.8 Å². The van der Waals surface area contributed by atoms with E-state index in [9.17, 15) is 24.3 Å². The maximum Gasteiger partial charge on any atom is 0.309 e. The van der Waals surface area contributed by atoms with Crippen LogP contribution in [0.15, 0.2) is 11.8 Å². The van der Waals surface area contributed by atoms with Crippen LogP contribution in [0.25, 0.3) is 0 Å². The van der Waals surface area contributed by atoms with Crippen LogP contribution in [0.3, 0.4) is 0 Å². The molecule has 1 aliphatic heterocycles. The third-order valence-electron chi connectivity index (χ3n) is 6.30. The molecule has 5 atom stereocenters. The molecule has 2 rings (SSSR count). The van der Waals surface area contributed by atoms with Gasteiger partial charge in [0.1, 0.15) is 24.9 Å². The van der Waals surface area contributed by atoms with E-state index in [1.807, 2.05) is 41.5 Å². The second-order valence-corrected chi connectivity index (χ2v) is 11.3.